The first kappa shape index (κ1) is 22.8. The number of hydrogen-bond acceptors (Lipinski definition) is 6. The molecule has 1 amide bonds. The van der Waals surface area contributed by atoms with Crippen LogP contribution in [-0.4, -0.2) is 60.1 Å². The van der Waals surface area contributed by atoms with Gasteiger partial charge in [-0.25, -0.2) is 13.4 Å². The Bertz CT molecular complexity index is 1070. The number of nitrogens with one attached hydrogen (secondary N) is 1. The third-order valence-electron chi connectivity index (χ3n) is 5.88. The summed E-state index contributed by atoms with van der Waals surface area (Å²) in [6, 6.07) is 4.94. The molecular formula is C21H27N3O6S. The molecule has 10 heteroatoms. The molecule has 2 N–H and O–H groups in total. The molecule has 1 aromatic carbocycles. The van der Waals surface area contributed by atoms with Gasteiger partial charge in [0.25, 0.3) is 6.47 Å². The molecule has 4 rings (SSSR count). The zero-order chi connectivity index (χ0) is 22.8. The van der Waals surface area contributed by atoms with Gasteiger partial charge in [0.15, 0.2) is 9.84 Å². The summed E-state index contributed by atoms with van der Waals surface area (Å²) in [5.74, 6) is 1.29. The number of aromatic nitrogens is 2. The summed E-state index contributed by atoms with van der Waals surface area (Å²) in [7, 11) is -1.63. The Morgan fingerprint density at radius 1 is 1.35 bits per heavy atom. The number of hydrogen-bond donors (Lipinski definition) is 2. The van der Waals surface area contributed by atoms with E-state index in [1.54, 1.807) is 19.5 Å². The van der Waals surface area contributed by atoms with E-state index in [2.05, 4.69) is 10.3 Å². The van der Waals surface area contributed by atoms with Crippen molar-refractivity contribution >= 4 is 22.2 Å². The van der Waals surface area contributed by atoms with Crippen LogP contribution in [0.5, 0.6) is 5.75 Å². The van der Waals surface area contributed by atoms with Crippen molar-refractivity contribution in [3.8, 4) is 17.1 Å². The van der Waals surface area contributed by atoms with Crippen molar-refractivity contribution in [1.29, 1.82) is 0 Å². The fourth-order valence-electron chi connectivity index (χ4n) is 3.76. The summed E-state index contributed by atoms with van der Waals surface area (Å²) in [4.78, 5) is 25.4. The van der Waals surface area contributed by atoms with Gasteiger partial charge in [0.05, 0.1) is 30.7 Å². The standard InChI is InChI=1S/C20H25N3O4S.CH2O2/c1-13-4-5-14(10-17(13)27-3)18-21-8-9-23(18)16-12-28(25,26)11-15(16)22-19(24)20(2)6-7-20;2-1-3/h4-5,8-10,15-16H,6-7,11-12H2,1-3H3,(H,22,24);1H,(H,2,3)/t15-,16-;/m1./s1. The van der Waals surface area contributed by atoms with Crippen LogP contribution in [0.2, 0.25) is 0 Å². The zero-order valence-corrected chi connectivity index (χ0v) is 18.6. The van der Waals surface area contributed by atoms with E-state index < -0.39 is 15.9 Å². The van der Waals surface area contributed by atoms with Crippen molar-refractivity contribution in [2.24, 2.45) is 5.41 Å². The highest BCUT2D eigenvalue weighted by molar-refractivity contribution is 7.91. The Kier molecular flexibility index (Phi) is 6.40. The Morgan fingerprint density at radius 2 is 2.03 bits per heavy atom. The summed E-state index contributed by atoms with van der Waals surface area (Å²) >= 11 is 0. The van der Waals surface area contributed by atoms with Crippen molar-refractivity contribution in [3.63, 3.8) is 0 Å². The molecule has 2 fully saturated rings. The van der Waals surface area contributed by atoms with Crippen molar-refractivity contribution in [2.45, 2.75) is 38.8 Å². The molecule has 0 radical (unpaired) electrons. The molecule has 2 heterocycles. The van der Waals surface area contributed by atoms with Crippen molar-refractivity contribution in [2.75, 3.05) is 18.6 Å². The van der Waals surface area contributed by atoms with Gasteiger partial charge in [0.2, 0.25) is 5.91 Å². The lowest BCUT2D eigenvalue weighted by Crippen LogP contribution is -2.43. The van der Waals surface area contributed by atoms with Gasteiger partial charge in [-0.05, 0) is 31.4 Å². The summed E-state index contributed by atoms with van der Waals surface area (Å²) < 4.78 is 32.0. The van der Waals surface area contributed by atoms with E-state index in [1.807, 2.05) is 36.6 Å². The molecule has 2 aliphatic rings. The van der Waals surface area contributed by atoms with E-state index in [-0.39, 0.29) is 35.3 Å². The molecule has 9 nitrogen and oxygen atoms in total. The van der Waals surface area contributed by atoms with Crippen LogP contribution in [-0.2, 0) is 19.4 Å². The smallest absolute Gasteiger partial charge is 0.290 e. The Labute approximate surface area is 181 Å². The minimum atomic E-state index is -3.25. The van der Waals surface area contributed by atoms with Gasteiger partial charge >= 0.3 is 0 Å². The van der Waals surface area contributed by atoms with Crippen LogP contribution in [0.1, 0.15) is 31.4 Å². The molecule has 0 bridgehead atoms. The van der Waals surface area contributed by atoms with Crippen LogP contribution in [0, 0.1) is 12.3 Å². The van der Waals surface area contributed by atoms with Gasteiger partial charge in [0, 0.05) is 23.4 Å². The lowest BCUT2D eigenvalue weighted by Gasteiger charge is -2.24. The molecule has 0 spiro atoms. The molecule has 168 valence electrons. The molecule has 1 aliphatic carbocycles. The number of methoxy groups -OCH3 is 1. The predicted octanol–water partition coefficient (Wildman–Crippen LogP) is 1.82. The van der Waals surface area contributed by atoms with Crippen molar-refractivity contribution in [1.82, 2.24) is 14.9 Å². The van der Waals surface area contributed by atoms with Crippen LogP contribution < -0.4 is 10.1 Å². The molecular weight excluding hydrogens is 422 g/mol. The van der Waals surface area contributed by atoms with E-state index >= 15 is 0 Å². The summed E-state index contributed by atoms with van der Waals surface area (Å²) in [6.45, 7) is 3.63. The summed E-state index contributed by atoms with van der Waals surface area (Å²) in [5.41, 5.74) is 1.51. The van der Waals surface area contributed by atoms with E-state index in [0.29, 0.717) is 5.82 Å². The maximum Gasteiger partial charge on any atom is 0.290 e. The topological polar surface area (TPSA) is 128 Å². The predicted molar refractivity (Wildman–Crippen MR) is 115 cm³/mol. The Hall–Kier alpha value is -2.88. The zero-order valence-electron chi connectivity index (χ0n) is 17.7. The maximum absolute atomic E-state index is 12.5. The number of rotatable bonds is 5. The lowest BCUT2D eigenvalue weighted by atomic mass is 10.1. The number of aryl methyl sites for hydroxylation is 1. The first-order chi connectivity index (χ1) is 14.6. The fraction of sp³-hybridized carbons (Fsp3) is 0.476. The van der Waals surface area contributed by atoms with Crippen LogP contribution in [0.3, 0.4) is 0 Å². The fourth-order valence-corrected chi connectivity index (χ4v) is 5.66. The van der Waals surface area contributed by atoms with Gasteiger partial charge in [-0.2, -0.15) is 0 Å². The number of benzene rings is 1. The quantitative estimate of drug-likeness (QED) is 0.667. The second-order valence-corrected chi connectivity index (χ2v) is 10.4. The summed E-state index contributed by atoms with van der Waals surface area (Å²) in [6.07, 6.45) is 5.14. The molecule has 31 heavy (non-hydrogen) atoms. The monoisotopic (exact) mass is 449 g/mol. The molecule has 2 aromatic rings. The first-order valence-corrected chi connectivity index (χ1v) is 11.7. The second-order valence-electron chi connectivity index (χ2n) is 8.23. The number of carbonyl (C=O) groups excluding carboxylic acids is 1. The highest BCUT2D eigenvalue weighted by Crippen LogP contribution is 2.45. The number of carbonyl (C=O) groups is 2. The van der Waals surface area contributed by atoms with Gasteiger partial charge in [-0.3, -0.25) is 9.59 Å². The minimum absolute atomic E-state index is 0.0129. The van der Waals surface area contributed by atoms with Gasteiger partial charge in [-0.1, -0.05) is 19.1 Å². The van der Waals surface area contributed by atoms with Gasteiger partial charge < -0.3 is 19.7 Å². The van der Waals surface area contributed by atoms with Crippen molar-refractivity contribution in [3.05, 3.63) is 36.2 Å². The van der Waals surface area contributed by atoms with Gasteiger partial charge in [0.1, 0.15) is 11.6 Å². The number of carboxylic acid groups (broad SMARTS) is 1. The summed E-state index contributed by atoms with van der Waals surface area (Å²) in [5, 5.41) is 9.88. The van der Waals surface area contributed by atoms with Crippen LogP contribution in [0.15, 0.2) is 30.6 Å². The Morgan fingerprint density at radius 3 is 2.65 bits per heavy atom. The minimum Gasteiger partial charge on any atom is -0.496 e. The average molecular weight is 450 g/mol. The largest absolute Gasteiger partial charge is 0.496 e. The number of imidazole rings is 1. The van der Waals surface area contributed by atoms with Gasteiger partial charge in [-0.15, -0.1) is 0 Å². The van der Waals surface area contributed by atoms with E-state index in [9.17, 15) is 13.2 Å². The highest BCUT2D eigenvalue weighted by atomic mass is 32.2. The highest BCUT2D eigenvalue weighted by Gasteiger charge is 2.48. The molecule has 1 aromatic heterocycles. The maximum atomic E-state index is 12.5. The normalized spacial score (nSPS) is 22.7. The van der Waals surface area contributed by atoms with Crippen LogP contribution in [0.25, 0.3) is 11.4 Å². The number of ether oxygens (including phenoxy) is 1. The molecule has 2 atom stereocenters. The molecule has 1 aliphatic heterocycles. The average Bonchev–Trinajstić information content (AvgIpc) is 3.16. The molecule has 1 saturated heterocycles. The second kappa shape index (κ2) is 8.70. The van der Waals surface area contributed by atoms with E-state index in [0.717, 1.165) is 29.7 Å². The van der Waals surface area contributed by atoms with E-state index in [1.165, 1.54) is 0 Å². The number of amides is 1. The molecule has 1 saturated carbocycles. The number of sulfone groups is 1. The van der Waals surface area contributed by atoms with Crippen LogP contribution >= 0.6 is 0 Å². The number of nitrogens with zero attached hydrogens (tertiary/aromatic N) is 2. The van der Waals surface area contributed by atoms with Crippen LogP contribution in [0.4, 0.5) is 0 Å². The third kappa shape index (κ3) is 4.90. The first-order valence-electron chi connectivity index (χ1n) is 9.91. The lowest BCUT2D eigenvalue weighted by molar-refractivity contribution is -0.126. The van der Waals surface area contributed by atoms with E-state index in [4.69, 9.17) is 14.6 Å². The van der Waals surface area contributed by atoms with Crippen molar-refractivity contribution < 1.29 is 27.9 Å². The third-order valence-corrected chi connectivity index (χ3v) is 7.60. The Balaban J connectivity index is 0.000000858. The SMILES string of the molecule is COc1cc(-c2nccn2[C@@H]2CS(=O)(=O)C[C@H]2NC(=O)C2(C)CC2)ccc1C.O=CO. The molecule has 0 unspecified atom stereocenters.